The first-order chi connectivity index (χ1) is 8.08. The molecule has 0 amide bonds. The minimum atomic E-state index is -3.93. The first-order valence-electron chi connectivity index (χ1n) is 5.14. The zero-order valence-electron chi connectivity index (χ0n) is 9.20. The first-order valence-corrected chi connectivity index (χ1v) is 6.58. The van der Waals surface area contributed by atoms with Crippen LogP contribution in [0.4, 0.5) is 0 Å². The van der Waals surface area contributed by atoms with E-state index in [-0.39, 0.29) is 11.0 Å². The van der Waals surface area contributed by atoms with Crippen molar-refractivity contribution in [3.8, 4) is 0 Å². The lowest BCUT2D eigenvalue weighted by molar-refractivity contribution is 0.415. The highest BCUT2D eigenvalue weighted by molar-refractivity contribution is 7.90. The summed E-state index contributed by atoms with van der Waals surface area (Å²) in [5.74, 6) is 0. The van der Waals surface area contributed by atoms with E-state index in [0.29, 0.717) is 18.6 Å². The van der Waals surface area contributed by atoms with Crippen molar-refractivity contribution in [2.45, 2.75) is 24.3 Å². The highest BCUT2D eigenvalue weighted by atomic mass is 32.2. The van der Waals surface area contributed by atoms with Gasteiger partial charge < -0.3 is 4.74 Å². The Morgan fingerprint density at radius 1 is 1.59 bits per heavy atom. The Balaban J connectivity index is 2.56. The predicted octanol–water partition coefficient (Wildman–Crippen LogP) is 2.32. The third kappa shape index (κ3) is 2.41. The van der Waals surface area contributed by atoms with Crippen LogP contribution in [-0.2, 0) is 21.2 Å². The molecule has 1 atom stereocenters. The summed E-state index contributed by atoms with van der Waals surface area (Å²) in [6.45, 7) is 2.45. The molecule has 0 aliphatic carbocycles. The molecule has 0 saturated carbocycles. The van der Waals surface area contributed by atoms with E-state index in [9.17, 15) is 8.42 Å². The second kappa shape index (κ2) is 4.37. The maximum Gasteiger partial charge on any atom is 0.264 e. The number of hydrogen-bond donors (Lipinski definition) is 0. The SMILES string of the molecule is CCc1ccc(C2CO2)cc1S(=O)(=O)N=[N+]=[N-]. The van der Waals surface area contributed by atoms with Crippen molar-refractivity contribution in [2.75, 3.05) is 6.61 Å². The van der Waals surface area contributed by atoms with Gasteiger partial charge in [0.1, 0.15) is 6.10 Å². The van der Waals surface area contributed by atoms with Gasteiger partial charge in [0, 0.05) is 9.43 Å². The van der Waals surface area contributed by atoms with E-state index in [1.807, 2.05) is 13.0 Å². The van der Waals surface area contributed by atoms with Crippen molar-refractivity contribution in [3.63, 3.8) is 0 Å². The number of hydrogen-bond acceptors (Lipinski definition) is 3. The van der Waals surface area contributed by atoms with Crippen molar-refractivity contribution >= 4 is 10.0 Å². The smallest absolute Gasteiger partial charge is 0.264 e. The van der Waals surface area contributed by atoms with Crippen LogP contribution in [0.1, 0.15) is 24.2 Å². The fourth-order valence-electron chi connectivity index (χ4n) is 1.64. The molecule has 1 aliphatic heterocycles. The molecule has 1 unspecified atom stereocenters. The molecule has 1 heterocycles. The van der Waals surface area contributed by atoms with Crippen LogP contribution in [0.2, 0.25) is 0 Å². The zero-order chi connectivity index (χ0) is 12.5. The number of nitrogens with zero attached hydrogens (tertiary/aromatic N) is 3. The fourth-order valence-corrected chi connectivity index (χ4v) is 2.65. The van der Waals surface area contributed by atoms with Crippen LogP contribution < -0.4 is 0 Å². The molecule has 1 saturated heterocycles. The van der Waals surface area contributed by atoms with Crippen LogP contribution >= 0.6 is 0 Å². The summed E-state index contributed by atoms with van der Waals surface area (Å²) < 4.78 is 31.5. The molecule has 17 heavy (non-hydrogen) atoms. The Morgan fingerprint density at radius 2 is 2.29 bits per heavy atom. The molecule has 1 aromatic carbocycles. The van der Waals surface area contributed by atoms with Crippen LogP contribution in [0.25, 0.3) is 10.4 Å². The Kier molecular flexibility index (Phi) is 3.06. The average Bonchev–Trinajstić information content (AvgIpc) is 3.12. The number of aryl methyl sites for hydroxylation is 1. The lowest BCUT2D eigenvalue weighted by Crippen LogP contribution is -2.01. The maximum atomic E-state index is 11.7. The van der Waals surface area contributed by atoms with Gasteiger partial charge in [-0.25, -0.2) is 8.42 Å². The van der Waals surface area contributed by atoms with Gasteiger partial charge in [-0.05, 0) is 29.1 Å². The molecule has 90 valence electrons. The Morgan fingerprint density at radius 3 is 2.82 bits per heavy atom. The van der Waals surface area contributed by atoms with Gasteiger partial charge in [0.25, 0.3) is 10.0 Å². The van der Waals surface area contributed by atoms with E-state index in [1.54, 1.807) is 6.07 Å². The standard InChI is InChI=1S/C10H11N3O3S/c1-2-7-3-4-8(9-6-16-9)5-10(7)17(14,15)13-12-11/h3-5,9H,2,6H2,1H3. The van der Waals surface area contributed by atoms with E-state index >= 15 is 0 Å². The Hall–Kier alpha value is -1.56. The topological polar surface area (TPSA) is 95.4 Å². The third-order valence-electron chi connectivity index (χ3n) is 2.60. The third-order valence-corrected chi connectivity index (χ3v) is 3.82. The molecule has 0 bridgehead atoms. The number of sulfonamides is 1. The summed E-state index contributed by atoms with van der Waals surface area (Å²) in [7, 11) is -3.93. The van der Waals surface area contributed by atoms with E-state index in [2.05, 4.69) is 9.43 Å². The van der Waals surface area contributed by atoms with Gasteiger partial charge in [-0.1, -0.05) is 19.1 Å². The molecular formula is C10H11N3O3S. The van der Waals surface area contributed by atoms with E-state index < -0.39 is 10.0 Å². The summed E-state index contributed by atoms with van der Waals surface area (Å²) in [4.78, 5) is 2.43. The second-order valence-electron chi connectivity index (χ2n) is 3.69. The summed E-state index contributed by atoms with van der Waals surface area (Å²) in [5.41, 5.74) is 9.71. The van der Waals surface area contributed by atoms with Crippen molar-refractivity contribution < 1.29 is 13.2 Å². The maximum absolute atomic E-state index is 11.7. The molecule has 1 aliphatic rings. The molecular weight excluding hydrogens is 242 g/mol. The zero-order valence-corrected chi connectivity index (χ0v) is 10.0. The minimum absolute atomic E-state index is 0.0269. The van der Waals surface area contributed by atoms with Crippen LogP contribution in [0, 0.1) is 0 Å². The number of ether oxygens (including phenoxy) is 1. The normalized spacial score (nSPS) is 18.5. The second-order valence-corrected chi connectivity index (χ2v) is 5.24. The highest BCUT2D eigenvalue weighted by Crippen LogP contribution is 2.32. The molecule has 2 rings (SSSR count). The molecule has 0 radical (unpaired) electrons. The molecule has 1 aromatic rings. The van der Waals surface area contributed by atoms with E-state index in [4.69, 9.17) is 10.3 Å². The van der Waals surface area contributed by atoms with Gasteiger partial charge in [0.05, 0.1) is 11.5 Å². The van der Waals surface area contributed by atoms with E-state index in [0.717, 1.165) is 5.56 Å². The van der Waals surface area contributed by atoms with Crippen molar-refractivity contribution in [3.05, 3.63) is 39.8 Å². The van der Waals surface area contributed by atoms with Gasteiger partial charge >= 0.3 is 0 Å². The fraction of sp³-hybridized carbons (Fsp3) is 0.400. The van der Waals surface area contributed by atoms with E-state index in [1.165, 1.54) is 6.07 Å². The van der Waals surface area contributed by atoms with Gasteiger partial charge in [-0.2, -0.15) is 0 Å². The number of benzene rings is 1. The van der Waals surface area contributed by atoms with Crippen LogP contribution in [0.3, 0.4) is 0 Å². The summed E-state index contributed by atoms with van der Waals surface area (Å²) in [6.07, 6.45) is 0.530. The van der Waals surface area contributed by atoms with Gasteiger partial charge in [0.2, 0.25) is 0 Å². The van der Waals surface area contributed by atoms with Crippen LogP contribution in [0.5, 0.6) is 0 Å². The first kappa shape index (κ1) is 11.9. The predicted molar refractivity (Wildman–Crippen MR) is 60.8 cm³/mol. The largest absolute Gasteiger partial charge is 0.368 e. The molecule has 0 spiro atoms. The summed E-state index contributed by atoms with van der Waals surface area (Å²) >= 11 is 0. The van der Waals surface area contributed by atoms with Crippen molar-refractivity contribution in [2.24, 2.45) is 4.52 Å². The Bertz CT molecular complexity index is 587. The van der Waals surface area contributed by atoms with Gasteiger partial charge in [-0.3, -0.25) is 0 Å². The lowest BCUT2D eigenvalue weighted by Gasteiger charge is -2.07. The molecule has 6 nitrogen and oxygen atoms in total. The summed E-state index contributed by atoms with van der Waals surface area (Å²) in [6, 6.07) is 5.10. The molecule has 0 N–H and O–H groups in total. The Labute approximate surface area is 98.9 Å². The number of epoxide rings is 1. The number of azide groups is 1. The minimum Gasteiger partial charge on any atom is -0.368 e. The monoisotopic (exact) mass is 253 g/mol. The lowest BCUT2D eigenvalue weighted by atomic mass is 10.1. The van der Waals surface area contributed by atoms with Gasteiger partial charge in [0.15, 0.2) is 0 Å². The van der Waals surface area contributed by atoms with Crippen molar-refractivity contribution in [1.82, 2.24) is 0 Å². The quantitative estimate of drug-likeness (QED) is 0.356. The molecule has 1 fully saturated rings. The number of rotatable bonds is 4. The molecule has 0 aromatic heterocycles. The highest BCUT2D eigenvalue weighted by Gasteiger charge is 2.27. The van der Waals surface area contributed by atoms with Crippen LogP contribution in [0.15, 0.2) is 27.6 Å². The average molecular weight is 253 g/mol. The van der Waals surface area contributed by atoms with Crippen molar-refractivity contribution in [1.29, 1.82) is 0 Å². The van der Waals surface area contributed by atoms with Crippen LogP contribution in [-0.4, -0.2) is 15.0 Å². The summed E-state index contributed by atoms with van der Waals surface area (Å²) in [5, 5.41) is 0. The van der Waals surface area contributed by atoms with Gasteiger partial charge in [-0.15, -0.1) is 0 Å². The molecule has 7 heteroatoms.